The molecule has 0 radical (unpaired) electrons. The molecule has 0 saturated carbocycles. The van der Waals surface area contributed by atoms with E-state index in [0.717, 1.165) is 0 Å². The predicted octanol–water partition coefficient (Wildman–Crippen LogP) is -0.783. The van der Waals surface area contributed by atoms with Crippen LogP contribution in [0.2, 0.25) is 0 Å². The van der Waals surface area contributed by atoms with Gasteiger partial charge in [0.2, 0.25) is 0 Å². The van der Waals surface area contributed by atoms with Crippen LogP contribution in [0.25, 0.3) is 11.2 Å². The van der Waals surface area contributed by atoms with Gasteiger partial charge in [0.25, 0.3) is 0 Å². The zero-order valence-corrected chi connectivity index (χ0v) is 9.97. The van der Waals surface area contributed by atoms with Crippen molar-refractivity contribution in [3.05, 3.63) is 24.3 Å². The minimum absolute atomic E-state index is 0.161. The molecule has 4 N–H and O–H groups in total. The average molecular weight is 263 g/mol. The molecule has 0 bridgehead atoms. The van der Waals surface area contributed by atoms with Crippen LogP contribution in [0.1, 0.15) is 6.23 Å². The van der Waals surface area contributed by atoms with Gasteiger partial charge in [0.1, 0.15) is 17.9 Å². The summed E-state index contributed by atoms with van der Waals surface area (Å²) >= 11 is 0. The number of aliphatic hydroxyl groups is 2. The second-order valence-corrected chi connectivity index (χ2v) is 4.18. The highest BCUT2D eigenvalue weighted by molar-refractivity contribution is 5.81. The Kier molecular flexibility index (Phi) is 2.90. The highest BCUT2D eigenvalue weighted by Crippen LogP contribution is 2.29. The van der Waals surface area contributed by atoms with Crippen LogP contribution in [0.5, 0.6) is 0 Å². The molecule has 8 nitrogen and oxygen atoms in total. The SMILES string of the molecule is Nc1ncnc2c1ncn2[C@@H]1C=C(CO)[C@@H](CO)O1. The van der Waals surface area contributed by atoms with Gasteiger partial charge in [0, 0.05) is 0 Å². The smallest absolute Gasteiger partial charge is 0.167 e. The van der Waals surface area contributed by atoms with Gasteiger partial charge in [-0.15, -0.1) is 0 Å². The van der Waals surface area contributed by atoms with Crippen LogP contribution < -0.4 is 5.73 Å². The molecule has 0 unspecified atom stereocenters. The normalized spacial score (nSPS) is 22.9. The number of imidazole rings is 1. The fourth-order valence-electron chi connectivity index (χ4n) is 2.10. The van der Waals surface area contributed by atoms with E-state index in [1.165, 1.54) is 6.33 Å². The monoisotopic (exact) mass is 263 g/mol. The van der Waals surface area contributed by atoms with Crippen molar-refractivity contribution in [3.63, 3.8) is 0 Å². The van der Waals surface area contributed by atoms with Crippen molar-refractivity contribution in [1.29, 1.82) is 0 Å². The Morgan fingerprint density at radius 1 is 1.32 bits per heavy atom. The standard InChI is InChI=1S/C11H13N5O3/c12-10-9-11(14-4-13-10)16(5-15-9)8-1-6(2-17)7(3-18)19-8/h1,4-5,7-8,17-18H,2-3H2,(H2,12,13,14)/t7-,8+/m1/s1. The Morgan fingerprint density at radius 3 is 2.84 bits per heavy atom. The van der Waals surface area contributed by atoms with E-state index in [4.69, 9.17) is 10.5 Å². The lowest BCUT2D eigenvalue weighted by Crippen LogP contribution is -2.19. The second-order valence-electron chi connectivity index (χ2n) is 4.18. The average Bonchev–Trinajstić information content (AvgIpc) is 3.02. The summed E-state index contributed by atoms with van der Waals surface area (Å²) in [6.45, 7) is -0.349. The number of aliphatic hydroxyl groups excluding tert-OH is 2. The molecule has 2 aromatic heterocycles. The van der Waals surface area contributed by atoms with Crippen molar-refractivity contribution in [2.75, 3.05) is 18.9 Å². The molecule has 1 aliphatic heterocycles. The highest BCUT2D eigenvalue weighted by Gasteiger charge is 2.28. The lowest BCUT2D eigenvalue weighted by molar-refractivity contribution is -0.0127. The van der Waals surface area contributed by atoms with Gasteiger partial charge in [-0.2, -0.15) is 0 Å². The molecule has 0 spiro atoms. The molecule has 3 heterocycles. The number of anilines is 1. The van der Waals surface area contributed by atoms with Gasteiger partial charge in [-0.1, -0.05) is 0 Å². The van der Waals surface area contributed by atoms with Gasteiger partial charge in [0.05, 0.1) is 19.5 Å². The van der Waals surface area contributed by atoms with E-state index in [-0.39, 0.29) is 13.2 Å². The molecule has 8 heteroatoms. The molecule has 1 aliphatic rings. The summed E-state index contributed by atoms with van der Waals surface area (Å²) in [7, 11) is 0. The maximum absolute atomic E-state index is 9.21. The van der Waals surface area contributed by atoms with E-state index in [1.54, 1.807) is 17.0 Å². The lowest BCUT2D eigenvalue weighted by Gasteiger charge is -2.14. The fraction of sp³-hybridized carbons (Fsp3) is 0.364. The number of nitrogen functional groups attached to an aromatic ring is 1. The zero-order valence-electron chi connectivity index (χ0n) is 9.97. The molecule has 2 atom stereocenters. The van der Waals surface area contributed by atoms with Crippen LogP contribution in [0.4, 0.5) is 5.82 Å². The Bertz CT molecular complexity index is 638. The number of ether oxygens (including phenoxy) is 1. The molecule has 0 aromatic carbocycles. The van der Waals surface area contributed by atoms with Gasteiger partial charge < -0.3 is 20.7 Å². The van der Waals surface area contributed by atoms with Crippen molar-refractivity contribution in [2.24, 2.45) is 0 Å². The minimum atomic E-state index is -0.508. The summed E-state index contributed by atoms with van der Waals surface area (Å²) in [5.74, 6) is 0.298. The number of fused-ring (bicyclic) bond motifs is 1. The summed E-state index contributed by atoms with van der Waals surface area (Å²) in [4.78, 5) is 12.1. The third-order valence-corrected chi connectivity index (χ3v) is 3.08. The summed E-state index contributed by atoms with van der Waals surface area (Å²) in [5.41, 5.74) is 7.39. The quantitative estimate of drug-likeness (QED) is 0.621. The number of nitrogens with two attached hydrogens (primary N) is 1. The first kappa shape index (κ1) is 12.0. The molecule has 100 valence electrons. The fourth-order valence-corrected chi connectivity index (χ4v) is 2.10. The maximum atomic E-state index is 9.21. The Labute approximate surface area is 108 Å². The van der Waals surface area contributed by atoms with Crippen molar-refractivity contribution < 1.29 is 14.9 Å². The molecule has 0 saturated heterocycles. The maximum Gasteiger partial charge on any atom is 0.167 e. The third-order valence-electron chi connectivity index (χ3n) is 3.08. The minimum Gasteiger partial charge on any atom is -0.393 e. The van der Waals surface area contributed by atoms with E-state index in [9.17, 15) is 10.2 Å². The van der Waals surface area contributed by atoms with E-state index in [1.807, 2.05) is 0 Å². The topological polar surface area (TPSA) is 119 Å². The highest BCUT2D eigenvalue weighted by atomic mass is 16.5. The van der Waals surface area contributed by atoms with Crippen LogP contribution in [-0.2, 0) is 4.74 Å². The molecule has 0 amide bonds. The predicted molar refractivity (Wildman–Crippen MR) is 65.9 cm³/mol. The first-order valence-corrected chi connectivity index (χ1v) is 5.75. The van der Waals surface area contributed by atoms with E-state index in [2.05, 4.69) is 15.0 Å². The van der Waals surface area contributed by atoms with Crippen molar-refractivity contribution in [1.82, 2.24) is 19.5 Å². The van der Waals surface area contributed by atoms with Gasteiger partial charge in [-0.05, 0) is 11.6 Å². The second kappa shape index (κ2) is 4.57. The molecule has 19 heavy (non-hydrogen) atoms. The molecule has 3 rings (SSSR count). The van der Waals surface area contributed by atoms with Gasteiger partial charge >= 0.3 is 0 Å². The molecule has 0 fully saturated rings. The van der Waals surface area contributed by atoms with Gasteiger partial charge in [0.15, 0.2) is 17.7 Å². The van der Waals surface area contributed by atoms with E-state index in [0.29, 0.717) is 22.6 Å². The number of aromatic nitrogens is 4. The van der Waals surface area contributed by atoms with Gasteiger partial charge in [-0.3, -0.25) is 4.57 Å². The summed E-state index contributed by atoms with van der Waals surface area (Å²) < 4.78 is 7.30. The van der Waals surface area contributed by atoms with Crippen molar-refractivity contribution in [3.8, 4) is 0 Å². The number of rotatable bonds is 3. The zero-order chi connectivity index (χ0) is 13.4. The summed E-state index contributed by atoms with van der Waals surface area (Å²) in [6.07, 6.45) is 3.65. The van der Waals surface area contributed by atoms with Crippen LogP contribution in [0.3, 0.4) is 0 Å². The summed E-state index contributed by atoms with van der Waals surface area (Å²) in [6, 6.07) is 0. The van der Waals surface area contributed by atoms with Crippen LogP contribution in [0, 0.1) is 0 Å². The molecular weight excluding hydrogens is 250 g/mol. The molecular formula is C11H13N5O3. The van der Waals surface area contributed by atoms with Crippen LogP contribution in [0.15, 0.2) is 24.3 Å². The van der Waals surface area contributed by atoms with E-state index < -0.39 is 12.3 Å². The Morgan fingerprint density at radius 2 is 2.16 bits per heavy atom. The Hall–Kier alpha value is -2.03. The largest absolute Gasteiger partial charge is 0.393 e. The number of nitrogens with zero attached hydrogens (tertiary/aromatic N) is 4. The van der Waals surface area contributed by atoms with Gasteiger partial charge in [-0.25, -0.2) is 15.0 Å². The first-order chi connectivity index (χ1) is 9.24. The van der Waals surface area contributed by atoms with Crippen LogP contribution >= 0.6 is 0 Å². The first-order valence-electron chi connectivity index (χ1n) is 5.75. The number of hydrogen-bond donors (Lipinski definition) is 3. The van der Waals surface area contributed by atoms with Crippen LogP contribution in [-0.4, -0.2) is 49.0 Å². The lowest BCUT2D eigenvalue weighted by atomic mass is 10.2. The van der Waals surface area contributed by atoms with Crippen molar-refractivity contribution in [2.45, 2.75) is 12.3 Å². The third kappa shape index (κ3) is 1.86. The Balaban J connectivity index is 2.02. The molecule has 0 aliphatic carbocycles. The van der Waals surface area contributed by atoms with Crippen molar-refractivity contribution >= 4 is 17.0 Å². The summed E-state index contributed by atoms with van der Waals surface area (Å²) in [5, 5.41) is 18.4. The molecule has 2 aromatic rings. The number of hydrogen-bond acceptors (Lipinski definition) is 7. The van der Waals surface area contributed by atoms with E-state index >= 15 is 0 Å².